The molecule has 7 heteroatoms. The maximum Gasteiger partial charge on any atom is 0.379 e. The first-order valence-electron chi connectivity index (χ1n) is 6.06. The van der Waals surface area contributed by atoms with E-state index in [2.05, 4.69) is 15.3 Å². The van der Waals surface area contributed by atoms with E-state index in [0.29, 0.717) is 5.75 Å². The minimum atomic E-state index is -0.536. The molecular weight excluding hydrogens is 272 g/mol. The molecule has 0 aliphatic carbocycles. The lowest BCUT2D eigenvalue weighted by molar-refractivity contribution is 0.0701. The van der Waals surface area contributed by atoms with Crippen LogP contribution in [-0.4, -0.2) is 27.1 Å². The van der Waals surface area contributed by atoms with Crippen molar-refractivity contribution in [3.63, 3.8) is 0 Å². The van der Waals surface area contributed by atoms with Crippen LogP contribution in [0.25, 0.3) is 0 Å². The summed E-state index contributed by atoms with van der Waals surface area (Å²) in [6, 6.07) is 10.1. The van der Waals surface area contributed by atoms with Crippen LogP contribution in [0.15, 0.2) is 64.8 Å². The zero-order valence-corrected chi connectivity index (χ0v) is 10.8. The Morgan fingerprint density at radius 1 is 1.19 bits per heavy atom. The second-order valence-corrected chi connectivity index (χ2v) is 4.02. The Bertz CT molecular complexity index is 731. The summed E-state index contributed by atoms with van der Waals surface area (Å²) in [5.41, 5.74) is 0.849. The molecular formula is C14H10N4O3. The molecule has 0 N–H and O–H groups in total. The zero-order chi connectivity index (χ0) is 14.5. The van der Waals surface area contributed by atoms with Crippen molar-refractivity contribution in [3.8, 4) is 5.75 Å². The highest BCUT2D eigenvalue weighted by molar-refractivity contribution is 5.88. The van der Waals surface area contributed by atoms with E-state index in [1.165, 1.54) is 23.6 Å². The third-order valence-electron chi connectivity index (χ3n) is 2.56. The smallest absolute Gasteiger partial charge is 0.379 e. The lowest BCUT2D eigenvalue weighted by Gasteiger charge is -2.02. The highest BCUT2D eigenvalue weighted by Gasteiger charge is 2.10. The Morgan fingerprint density at radius 2 is 1.95 bits per heavy atom. The third-order valence-corrected chi connectivity index (χ3v) is 2.56. The molecule has 7 nitrogen and oxygen atoms in total. The van der Waals surface area contributed by atoms with Crippen molar-refractivity contribution in [1.82, 2.24) is 14.9 Å². The van der Waals surface area contributed by atoms with Gasteiger partial charge in [0, 0.05) is 0 Å². The fraction of sp³-hybridized carbons (Fsp3) is 0. The normalized spacial score (nSPS) is 10.9. The number of aromatic nitrogens is 3. The molecule has 104 valence electrons. The van der Waals surface area contributed by atoms with Crippen molar-refractivity contribution in [2.45, 2.75) is 0 Å². The fourth-order valence-corrected chi connectivity index (χ4v) is 1.56. The van der Waals surface area contributed by atoms with E-state index in [0.717, 1.165) is 5.56 Å². The molecule has 0 saturated heterocycles. The van der Waals surface area contributed by atoms with Gasteiger partial charge >= 0.3 is 5.97 Å². The lowest BCUT2D eigenvalue weighted by atomic mass is 10.2. The van der Waals surface area contributed by atoms with Crippen LogP contribution in [0.2, 0.25) is 0 Å². The Kier molecular flexibility index (Phi) is 3.55. The average Bonchev–Trinajstić information content (AvgIpc) is 3.20. The highest BCUT2D eigenvalue weighted by Crippen LogP contribution is 2.13. The van der Waals surface area contributed by atoms with Gasteiger partial charge in [-0.2, -0.15) is 5.10 Å². The van der Waals surface area contributed by atoms with Crippen LogP contribution in [0.5, 0.6) is 5.75 Å². The van der Waals surface area contributed by atoms with E-state index in [9.17, 15) is 4.79 Å². The Balaban J connectivity index is 1.65. The van der Waals surface area contributed by atoms with Crippen molar-refractivity contribution < 1.29 is 13.9 Å². The minimum absolute atomic E-state index is 0.160. The van der Waals surface area contributed by atoms with Crippen LogP contribution in [-0.2, 0) is 0 Å². The Hall–Kier alpha value is -3.22. The van der Waals surface area contributed by atoms with E-state index in [1.807, 2.05) is 0 Å². The molecule has 2 aromatic heterocycles. The molecule has 21 heavy (non-hydrogen) atoms. The second kappa shape index (κ2) is 5.83. The predicted octanol–water partition coefficient (Wildman–Crippen LogP) is 1.97. The Morgan fingerprint density at radius 3 is 2.62 bits per heavy atom. The monoisotopic (exact) mass is 282 g/mol. The van der Waals surface area contributed by atoms with Gasteiger partial charge in [0.2, 0.25) is 5.76 Å². The van der Waals surface area contributed by atoms with Crippen LogP contribution in [0, 0.1) is 0 Å². The van der Waals surface area contributed by atoms with E-state index >= 15 is 0 Å². The lowest BCUT2D eigenvalue weighted by Crippen LogP contribution is -2.06. The number of hydrogen-bond donors (Lipinski definition) is 0. The number of benzene rings is 1. The van der Waals surface area contributed by atoms with Gasteiger partial charge in [0.15, 0.2) is 0 Å². The van der Waals surface area contributed by atoms with Crippen molar-refractivity contribution >= 4 is 12.2 Å². The van der Waals surface area contributed by atoms with Crippen LogP contribution in [0.4, 0.5) is 0 Å². The van der Waals surface area contributed by atoms with E-state index in [1.54, 1.807) is 42.6 Å². The fourth-order valence-electron chi connectivity index (χ4n) is 1.56. The van der Waals surface area contributed by atoms with Gasteiger partial charge in [0.25, 0.3) is 0 Å². The van der Waals surface area contributed by atoms with Gasteiger partial charge in [-0.25, -0.2) is 9.47 Å². The summed E-state index contributed by atoms with van der Waals surface area (Å²) in [6.45, 7) is 0. The molecule has 1 aromatic carbocycles. The molecule has 0 bridgehead atoms. The summed E-state index contributed by atoms with van der Waals surface area (Å²) in [4.78, 5) is 11.7. The molecule has 3 aromatic rings. The largest absolute Gasteiger partial charge is 0.457 e. The molecule has 0 aliphatic heterocycles. The first kappa shape index (κ1) is 12.8. The minimum Gasteiger partial charge on any atom is -0.457 e. The summed E-state index contributed by atoms with van der Waals surface area (Å²) >= 11 is 0. The van der Waals surface area contributed by atoms with Gasteiger partial charge in [-0.05, 0) is 42.0 Å². The standard InChI is InChI=1S/C14H10N4O3/c19-14(13-2-1-7-20-13)21-12-5-3-11(4-6-12)8-17-18-9-15-16-10-18/h1-10H/b17-8+. The predicted molar refractivity (Wildman–Crippen MR) is 73.1 cm³/mol. The van der Waals surface area contributed by atoms with Crippen molar-refractivity contribution in [1.29, 1.82) is 0 Å². The van der Waals surface area contributed by atoms with Gasteiger partial charge in [-0.3, -0.25) is 0 Å². The number of rotatable bonds is 4. The molecule has 2 heterocycles. The summed E-state index contributed by atoms with van der Waals surface area (Å²) in [7, 11) is 0. The van der Waals surface area contributed by atoms with E-state index in [-0.39, 0.29) is 5.76 Å². The quantitative estimate of drug-likeness (QED) is 0.415. The topological polar surface area (TPSA) is 82.5 Å². The summed E-state index contributed by atoms with van der Waals surface area (Å²) in [5.74, 6) is 0.0528. The summed E-state index contributed by atoms with van der Waals surface area (Å²) < 4.78 is 11.6. The molecule has 0 aliphatic rings. The maximum absolute atomic E-state index is 11.7. The van der Waals surface area contributed by atoms with Crippen LogP contribution >= 0.6 is 0 Å². The molecule has 0 radical (unpaired) electrons. The number of esters is 1. The van der Waals surface area contributed by atoms with Gasteiger partial charge in [-0.15, -0.1) is 10.2 Å². The first-order valence-corrected chi connectivity index (χ1v) is 6.06. The Labute approximate surface area is 119 Å². The molecule has 0 unspecified atom stereocenters. The van der Waals surface area contributed by atoms with E-state index in [4.69, 9.17) is 9.15 Å². The zero-order valence-electron chi connectivity index (χ0n) is 10.8. The van der Waals surface area contributed by atoms with E-state index < -0.39 is 5.97 Å². The van der Waals surface area contributed by atoms with Crippen molar-refractivity contribution in [2.75, 3.05) is 0 Å². The van der Waals surface area contributed by atoms with Crippen molar-refractivity contribution in [2.24, 2.45) is 5.10 Å². The van der Waals surface area contributed by atoms with Gasteiger partial charge in [-0.1, -0.05) is 0 Å². The SMILES string of the molecule is O=C(Oc1ccc(/C=N/n2cnnc2)cc1)c1ccco1. The highest BCUT2D eigenvalue weighted by atomic mass is 16.5. The number of hydrogen-bond acceptors (Lipinski definition) is 6. The number of carbonyl (C=O) groups excluding carboxylic acids is 1. The van der Waals surface area contributed by atoms with Crippen LogP contribution < -0.4 is 4.74 Å². The van der Waals surface area contributed by atoms with Crippen LogP contribution in [0.1, 0.15) is 16.1 Å². The number of nitrogens with zero attached hydrogens (tertiary/aromatic N) is 4. The molecule has 0 amide bonds. The number of furan rings is 1. The molecule has 0 fully saturated rings. The molecule has 0 saturated carbocycles. The third kappa shape index (κ3) is 3.21. The summed E-state index contributed by atoms with van der Waals surface area (Å²) in [6.07, 6.45) is 6.02. The first-order chi connectivity index (χ1) is 10.3. The van der Waals surface area contributed by atoms with Gasteiger partial charge in [0.1, 0.15) is 18.4 Å². The average molecular weight is 282 g/mol. The van der Waals surface area contributed by atoms with Gasteiger partial charge in [0.05, 0.1) is 12.5 Å². The molecule has 0 atom stereocenters. The maximum atomic E-state index is 11.7. The summed E-state index contributed by atoms with van der Waals surface area (Å²) in [5, 5.41) is 11.4. The second-order valence-electron chi connectivity index (χ2n) is 4.02. The number of ether oxygens (including phenoxy) is 1. The number of carbonyl (C=O) groups is 1. The van der Waals surface area contributed by atoms with Gasteiger partial charge < -0.3 is 9.15 Å². The molecule has 0 spiro atoms. The van der Waals surface area contributed by atoms with Crippen LogP contribution in [0.3, 0.4) is 0 Å². The molecule has 3 rings (SSSR count). The van der Waals surface area contributed by atoms with Crippen molar-refractivity contribution in [3.05, 3.63) is 66.6 Å².